The largest absolute Gasteiger partial charge is 0.496 e. The van der Waals surface area contributed by atoms with E-state index in [4.69, 9.17) is 21.1 Å². The number of fused-ring (bicyclic) bond motifs is 1. The van der Waals surface area contributed by atoms with E-state index in [0.29, 0.717) is 58.1 Å². The number of amides is 2. The fraction of sp³-hybridized carbons (Fsp3) is 0.414. The Bertz CT molecular complexity index is 1330. The van der Waals surface area contributed by atoms with Gasteiger partial charge in [0.1, 0.15) is 12.4 Å². The van der Waals surface area contributed by atoms with Gasteiger partial charge in [-0.15, -0.1) is 11.8 Å². The highest BCUT2D eigenvalue weighted by Crippen LogP contribution is 2.41. The number of para-hydroxylation sites is 1. The van der Waals surface area contributed by atoms with Crippen molar-refractivity contribution in [2.24, 2.45) is 5.92 Å². The minimum Gasteiger partial charge on any atom is -0.496 e. The summed E-state index contributed by atoms with van der Waals surface area (Å²) in [4.78, 5) is 40.1. The van der Waals surface area contributed by atoms with Crippen molar-refractivity contribution in [3.05, 3.63) is 63.2 Å². The van der Waals surface area contributed by atoms with Gasteiger partial charge in [-0.05, 0) is 57.4 Å². The first-order chi connectivity index (χ1) is 19.2. The lowest BCUT2D eigenvalue weighted by Crippen LogP contribution is -2.25. The van der Waals surface area contributed by atoms with Crippen LogP contribution in [-0.4, -0.2) is 59.8 Å². The number of nitrogens with zero attached hydrogens (tertiary/aromatic N) is 1. The maximum Gasteiger partial charge on any atom is 0.341 e. The first-order valence-electron chi connectivity index (χ1n) is 13.1. The molecular formula is C29H34ClN3O6S. The average molecular weight is 588 g/mol. The van der Waals surface area contributed by atoms with E-state index in [1.807, 2.05) is 31.7 Å². The molecule has 2 aromatic rings. The molecule has 0 saturated carbocycles. The maximum absolute atomic E-state index is 13.1. The highest BCUT2D eigenvalue weighted by Gasteiger charge is 2.33. The van der Waals surface area contributed by atoms with E-state index < -0.39 is 23.9 Å². The number of benzene rings is 2. The third-order valence-corrected chi connectivity index (χ3v) is 8.58. The van der Waals surface area contributed by atoms with Crippen LogP contribution in [0.3, 0.4) is 0 Å². The molecule has 1 saturated heterocycles. The SMILES string of the molecule is COc1c(C)c2c(c(NC(=O)Nc3ccccc3Cl)c1C/C=C(\C)CC(CCN1CCSC1)C(=O)O)C(=O)OC2. The lowest BCUT2D eigenvalue weighted by Gasteiger charge is -2.20. The standard InChI is InChI=1S/C29H34ClN3O6S/c1-17(14-19(27(34)35)10-11-33-12-13-40-16-33)8-9-20-25(32-29(37)31-23-7-5-4-6-22(23)30)24-21(15-39-28(24)36)18(2)26(20)38-3/h4-8,19H,9-16H2,1-3H3,(H,34,35)(H2,31,32,37)/b17-8+. The molecule has 4 rings (SSSR count). The molecule has 0 radical (unpaired) electrons. The van der Waals surface area contributed by atoms with Crippen LogP contribution in [0.25, 0.3) is 0 Å². The van der Waals surface area contributed by atoms with E-state index in [0.717, 1.165) is 35.9 Å². The van der Waals surface area contributed by atoms with Crippen LogP contribution >= 0.6 is 23.4 Å². The van der Waals surface area contributed by atoms with Crippen molar-refractivity contribution in [3.8, 4) is 5.75 Å². The minimum atomic E-state index is -0.813. The van der Waals surface area contributed by atoms with Gasteiger partial charge in [0.2, 0.25) is 0 Å². The molecule has 9 nitrogen and oxygen atoms in total. The molecule has 40 heavy (non-hydrogen) atoms. The van der Waals surface area contributed by atoms with E-state index in [1.165, 1.54) is 7.11 Å². The number of halogens is 1. The summed E-state index contributed by atoms with van der Waals surface area (Å²) in [6.45, 7) is 5.59. The number of anilines is 2. The van der Waals surface area contributed by atoms with Crippen LogP contribution in [-0.2, 0) is 22.6 Å². The van der Waals surface area contributed by atoms with Gasteiger partial charge in [0.15, 0.2) is 0 Å². The molecule has 0 aromatic heterocycles. The number of carbonyl (C=O) groups excluding carboxylic acids is 2. The second-order valence-electron chi connectivity index (χ2n) is 9.94. The Morgan fingerprint density at radius 2 is 2.08 bits per heavy atom. The summed E-state index contributed by atoms with van der Waals surface area (Å²) in [5.74, 6) is 0.725. The Hall–Kier alpha value is -3.21. The summed E-state index contributed by atoms with van der Waals surface area (Å²) in [6.07, 6.45) is 3.22. The molecule has 2 aromatic carbocycles. The van der Waals surface area contributed by atoms with Gasteiger partial charge in [-0.25, -0.2) is 9.59 Å². The number of hydrogen-bond acceptors (Lipinski definition) is 7. The molecule has 0 aliphatic carbocycles. The number of cyclic esters (lactones) is 1. The Kier molecular flexibility index (Phi) is 9.99. The third kappa shape index (κ3) is 6.92. The molecule has 1 fully saturated rings. The van der Waals surface area contributed by atoms with E-state index >= 15 is 0 Å². The van der Waals surface area contributed by atoms with Gasteiger partial charge in [0.05, 0.1) is 35.0 Å². The summed E-state index contributed by atoms with van der Waals surface area (Å²) in [5, 5.41) is 15.8. The number of esters is 1. The Balaban J connectivity index is 1.60. The molecule has 2 aliphatic heterocycles. The van der Waals surface area contributed by atoms with E-state index in [1.54, 1.807) is 24.3 Å². The Labute approximate surface area is 243 Å². The number of hydrogen-bond donors (Lipinski definition) is 3. The van der Waals surface area contributed by atoms with Gasteiger partial charge in [-0.2, -0.15) is 0 Å². The smallest absolute Gasteiger partial charge is 0.341 e. The second kappa shape index (κ2) is 13.4. The second-order valence-corrected chi connectivity index (χ2v) is 11.4. The molecule has 2 heterocycles. The zero-order chi connectivity index (χ0) is 28.8. The number of rotatable bonds is 11. The predicted molar refractivity (Wildman–Crippen MR) is 158 cm³/mol. The molecule has 11 heteroatoms. The van der Waals surface area contributed by atoms with Gasteiger partial charge >= 0.3 is 18.0 Å². The first-order valence-corrected chi connectivity index (χ1v) is 14.6. The Morgan fingerprint density at radius 1 is 1.30 bits per heavy atom. The maximum atomic E-state index is 13.1. The summed E-state index contributed by atoms with van der Waals surface area (Å²) < 4.78 is 11.1. The quantitative estimate of drug-likeness (QED) is 0.218. The lowest BCUT2D eigenvalue weighted by atomic mass is 9.92. The number of nitrogens with one attached hydrogen (secondary N) is 2. The molecule has 2 aliphatic rings. The zero-order valence-electron chi connectivity index (χ0n) is 22.8. The van der Waals surface area contributed by atoms with Gasteiger partial charge in [0, 0.05) is 29.3 Å². The molecule has 1 unspecified atom stereocenters. The number of urea groups is 1. The number of aliphatic carboxylic acids is 1. The average Bonchev–Trinajstić information content (AvgIpc) is 3.58. The normalized spacial score (nSPS) is 15.9. The van der Waals surface area contributed by atoms with Crippen LogP contribution in [0.1, 0.15) is 46.8 Å². The summed E-state index contributed by atoms with van der Waals surface area (Å²) >= 11 is 8.07. The van der Waals surface area contributed by atoms with Crippen LogP contribution in [0, 0.1) is 12.8 Å². The van der Waals surface area contributed by atoms with Crippen molar-refractivity contribution >= 4 is 52.7 Å². The summed E-state index contributed by atoms with van der Waals surface area (Å²) in [6, 6.07) is 6.26. The fourth-order valence-corrected chi connectivity index (χ4v) is 6.26. The van der Waals surface area contributed by atoms with Gasteiger partial charge in [-0.3, -0.25) is 9.69 Å². The highest BCUT2D eigenvalue weighted by atomic mass is 35.5. The number of thioether (sulfide) groups is 1. The number of methoxy groups -OCH3 is 1. The lowest BCUT2D eigenvalue weighted by molar-refractivity contribution is -0.142. The van der Waals surface area contributed by atoms with Crippen LogP contribution in [0.5, 0.6) is 5.75 Å². The third-order valence-electron chi connectivity index (χ3n) is 7.23. The van der Waals surface area contributed by atoms with Crippen LogP contribution in [0.15, 0.2) is 35.9 Å². The molecule has 0 bridgehead atoms. The highest BCUT2D eigenvalue weighted by molar-refractivity contribution is 7.99. The van der Waals surface area contributed by atoms with Crippen molar-refractivity contribution < 1.29 is 29.0 Å². The topological polar surface area (TPSA) is 117 Å². The first kappa shape index (κ1) is 29.8. The van der Waals surface area contributed by atoms with Gasteiger partial charge < -0.3 is 25.2 Å². The Morgan fingerprint density at radius 3 is 2.75 bits per heavy atom. The van der Waals surface area contributed by atoms with Crippen LogP contribution < -0.4 is 15.4 Å². The number of ether oxygens (including phenoxy) is 2. The van der Waals surface area contributed by atoms with Crippen molar-refractivity contribution in [3.63, 3.8) is 0 Å². The molecule has 2 amide bonds. The van der Waals surface area contributed by atoms with Crippen molar-refractivity contribution in [1.29, 1.82) is 0 Å². The predicted octanol–water partition coefficient (Wildman–Crippen LogP) is 5.95. The minimum absolute atomic E-state index is 0.0855. The molecule has 214 valence electrons. The van der Waals surface area contributed by atoms with E-state index in [2.05, 4.69) is 15.5 Å². The van der Waals surface area contributed by atoms with E-state index in [9.17, 15) is 19.5 Å². The monoisotopic (exact) mass is 587 g/mol. The number of carbonyl (C=O) groups is 3. The summed E-state index contributed by atoms with van der Waals surface area (Å²) in [5.41, 5.74) is 3.93. The van der Waals surface area contributed by atoms with Crippen LogP contribution in [0.4, 0.5) is 16.2 Å². The number of carboxylic acid groups (broad SMARTS) is 1. The van der Waals surface area contributed by atoms with E-state index in [-0.39, 0.29) is 6.61 Å². The van der Waals surface area contributed by atoms with Crippen molar-refractivity contribution in [1.82, 2.24) is 4.90 Å². The van der Waals surface area contributed by atoms with Crippen molar-refractivity contribution in [2.45, 2.75) is 39.7 Å². The molecule has 1 atom stereocenters. The molecule has 3 N–H and O–H groups in total. The number of carboxylic acids is 1. The molecular weight excluding hydrogens is 554 g/mol. The van der Waals surface area contributed by atoms with Gasteiger partial charge in [-0.1, -0.05) is 35.4 Å². The molecule has 0 spiro atoms. The summed E-state index contributed by atoms with van der Waals surface area (Å²) in [7, 11) is 1.54. The number of allylic oxidation sites excluding steroid dienone is 2. The van der Waals surface area contributed by atoms with Crippen molar-refractivity contribution in [2.75, 3.05) is 42.5 Å². The van der Waals surface area contributed by atoms with Gasteiger partial charge in [0.25, 0.3) is 0 Å². The van der Waals surface area contributed by atoms with Crippen LogP contribution in [0.2, 0.25) is 5.02 Å². The fourth-order valence-electron chi connectivity index (χ4n) is 5.05. The zero-order valence-corrected chi connectivity index (χ0v) is 24.4.